The molecule has 0 fully saturated rings. The Morgan fingerprint density at radius 2 is 2.18 bits per heavy atom. The molecular weight excluding hydrogens is 238 g/mol. The van der Waals surface area contributed by atoms with Crippen LogP contribution >= 0.6 is 11.6 Å². The number of nitriles is 1. The van der Waals surface area contributed by atoms with Gasteiger partial charge in [-0.1, -0.05) is 17.7 Å². The van der Waals surface area contributed by atoms with Gasteiger partial charge in [0, 0.05) is 24.8 Å². The molecule has 1 amide bonds. The van der Waals surface area contributed by atoms with Crippen LogP contribution in [0.25, 0.3) is 6.08 Å². The molecule has 0 saturated carbocycles. The van der Waals surface area contributed by atoms with E-state index in [2.05, 4.69) is 0 Å². The molecule has 1 aromatic rings. The fourth-order valence-electron chi connectivity index (χ4n) is 1.23. The van der Waals surface area contributed by atoms with E-state index in [-0.39, 0.29) is 5.57 Å². The number of anilines is 1. The second-order valence-corrected chi connectivity index (χ2v) is 4.04. The topological polar surface area (TPSA) is 70.1 Å². The van der Waals surface area contributed by atoms with Crippen LogP contribution in [0.2, 0.25) is 5.02 Å². The summed E-state index contributed by atoms with van der Waals surface area (Å²) in [5, 5.41) is 9.18. The molecule has 0 heterocycles. The molecule has 2 N–H and O–H groups in total. The zero-order valence-electron chi connectivity index (χ0n) is 9.57. The van der Waals surface area contributed by atoms with Crippen LogP contribution in [0, 0.1) is 11.3 Å². The quantitative estimate of drug-likeness (QED) is 0.656. The minimum absolute atomic E-state index is 0.121. The molecule has 88 valence electrons. The summed E-state index contributed by atoms with van der Waals surface area (Å²) in [6.45, 7) is 0. The van der Waals surface area contributed by atoms with Crippen molar-refractivity contribution in [3.05, 3.63) is 34.4 Å². The third-order valence-corrected chi connectivity index (χ3v) is 2.51. The first-order valence-electron chi connectivity index (χ1n) is 4.84. The van der Waals surface area contributed by atoms with Gasteiger partial charge in [-0.15, -0.1) is 0 Å². The van der Waals surface area contributed by atoms with Gasteiger partial charge in [-0.25, -0.2) is 0 Å². The highest BCUT2D eigenvalue weighted by Crippen LogP contribution is 2.24. The predicted molar refractivity (Wildman–Crippen MR) is 68.6 cm³/mol. The van der Waals surface area contributed by atoms with Crippen molar-refractivity contribution in [3.63, 3.8) is 0 Å². The van der Waals surface area contributed by atoms with E-state index in [1.807, 2.05) is 25.1 Å². The monoisotopic (exact) mass is 249 g/mol. The Morgan fingerprint density at radius 3 is 2.59 bits per heavy atom. The van der Waals surface area contributed by atoms with Crippen molar-refractivity contribution in [3.8, 4) is 6.07 Å². The van der Waals surface area contributed by atoms with Crippen molar-refractivity contribution in [2.75, 3.05) is 19.0 Å². The van der Waals surface area contributed by atoms with E-state index < -0.39 is 5.91 Å². The normalized spacial score (nSPS) is 10.8. The predicted octanol–water partition coefficient (Wildman–Crippen LogP) is 1.80. The summed E-state index contributed by atoms with van der Waals surface area (Å²) < 4.78 is 0. The first kappa shape index (κ1) is 13.1. The van der Waals surface area contributed by atoms with Gasteiger partial charge in [-0.2, -0.15) is 5.26 Å². The second kappa shape index (κ2) is 5.37. The average Bonchev–Trinajstić information content (AvgIpc) is 2.26. The van der Waals surface area contributed by atoms with Crippen LogP contribution in [0.5, 0.6) is 0 Å². The molecule has 0 radical (unpaired) electrons. The summed E-state index contributed by atoms with van der Waals surface area (Å²) in [4.78, 5) is 12.8. The summed E-state index contributed by atoms with van der Waals surface area (Å²) in [5.74, 6) is -0.764. The molecule has 17 heavy (non-hydrogen) atoms. The number of hydrogen-bond donors (Lipinski definition) is 1. The maximum absolute atomic E-state index is 10.9. The fraction of sp³-hybridized carbons (Fsp3) is 0.167. The smallest absolute Gasteiger partial charge is 0.259 e. The highest BCUT2D eigenvalue weighted by molar-refractivity contribution is 6.32. The number of rotatable bonds is 3. The van der Waals surface area contributed by atoms with E-state index in [0.29, 0.717) is 10.6 Å². The van der Waals surface area contributed by atoms with Crippen LogP contribution in [0.4, 0.5) is 5.69 Å². The van der Waals surface area contributed by atoms with Gasteiger partial charge in [0.25, 0.3) is 5.91 Å². The van der Waals surface area contributed by atoms with E-state index >= 15 is 0 Å². The number of carbonyl (C=O) groups excluding carboxylic acids is 1. The fourth-order valence-corrected chi connectivity index (χ4v) is 1.45. The minimum Gasteiger partial charge on any atom is -0.378 e. The summed E-state index contributed by atoms with van der Waals surface area (Å²) in [6.07, 6.45) is 1.38. The Balaban J connectivity index is 3.18. The molecule has 0 aliphatic rings. The summed E-state index contributed by atoms with van der Waals surface area (Å²) in [7, 11) is 3.79. The maximum Gasteiger partial charge on any atom is 0.259 e. The van der Waals surface area contributed by atoms with E-state index in [1.54, 1.807) is 18.2 Å². The standard InChI is InChI=1S/C12H12ClN3O/c1-16(2)10-4-3-8(11(13)6-10)5-9(7-14)12(15)17/h3-6H,1-2H3,(H2,15,17). The van der Waals surface area contributed by atoms with Crippen LogP contribution in [0.15, 0.2) is 23.8 Å². The summed E-state index contributed by atoms with van der Waals surface area (Å²) in [5.41, 5.74) is 6.45. The van der Waals surface area contributed by atoms with E-state index in [9.17, 15) is 4.79 Å². The molecule has 0 unspecified atom stereocenters. The number of amides is 1. The van der Waals surface area contributed by atoms with Gasteiger partial charge in [0.1, 0.15) is 11.6 Å². The molecular formula is C12H12ClN3O. The zero-order chi connectivity index (χ0) is 13.0. The lowest BCUT2D eigenvalue weighted by Crippen LogP contribution is -2.12. The van der Waals surface area contributed by atoms with Crippen LogP contribution < -0.4 is 10.6 Å². The van der Waals surface area contributed by atoms with Crippen molar-refractivity contribution in [1.29, 1.82) is 5.26 Å². The Labute approximate surface area is 105 Å². The molecule has 0 atom stereocenters. The number of nitrogens with two attached hydrogens (primary N) is 1. The molecule has 0 aliphatic heterocycles. The number of carbonyl (C=O) groups is 1. The molecule has 1 rings (SSSR count). The SMILES string of the molecule is CN(C)c1ccc(C=C(C#N)C(N)=O)c(Cl)c1. The maximum atomic E-state index is 10.9. The van der Waals surface area contributed by atoms with Gasteiger partial charge < -0.3 is 10.6 Å². The Hall–Kier alpha value is -1.99. The third-order valence-electron chi connectivity index (χ3n) is 2.19. The van der Waals surface area contributed by atoms with E-state index in [4.69, 9.17) is 22.6 Å². The van der Waals surface area contributed by atoms with Crippen LogP contribution in [-0.4, -0.2) is 20.0 Å². The highest BCUT2D eigenvalue weighted by atomic mass is 35.5. The van der Waals surface area contributed by atoms with Crippen LogP contribution in [-0.2, 0) is 4.79 Å². The van der Waals surface area contributed by atoms with E-state index in [1.165, 1.54) is 6.08 Å². The molecule has 4 nitrogen and oxygen atoms in total. The van der Waals surface area contributed by atoms with Gasteiger partial charge in [0.2, 0.25) is 0 Å². The van der Waals surface area contributed by atoms with Crippen LogP contribution in [0.1, 0.15) is 5.56 Å². The summed E-state index contributed by atoms with van der Waals surface area (Å²) >= 11 is 6.05. The van der Waals surface area contributed by atoms with Crippen molar-refractivity contribution in [2.24, 2.45) is 5.73 Å². The van der Waals surface area contributed by atoms with Crippen molar-refractivity contribution in [2.45, 2.75) is 0 Å². The lowest BCUT2D eigenvalue weighted by molar-refractivity contribution is -0.114. The number of benzene rings is 1. The molecule has 0 spiro atoms. The molecule has 0 bridgehead atoms. The van der Waals surface area contributed by atoms with E-state index in [0.717, 1.165) is 5.69 Å². The lowest BCUT2D eigenvalue weighted by atomic mass is 10.1. The van der Waals surface area contributed by atoms with Crippen molar-refractivity contribution in [1.82, 2.24) is 0 Å². The lowest BCUT2D eigenvalue weighted by Gasteiger charge is -2.13. The number of primary amides is 1. The molecule has 0 saturated heterocycles. The molecule has 0 aliphatic carbocycles. The highest BCUT2D eigenvalue weighted by Gasteiger charge is 2.06. The minimum atomic E-state index is -0.764. The van der Waals surface area contributed by atoms with Gasteiger partial charge >= 0.3 is 0 Å². The molecule has 5 heteroatoms. The average molecular weight is 250 g/mol. The summed E-state index contributed by atoms with van der Waals surface area (Å²) in [6, 6.07) is 7.06. The Morgan fingerprint density at radius 1 is 1.53 bits per heavy atom. The van der Waals surface area contributed by atoms with Crippen LogP contribution in [0.3, 0.4) is 0 Å². The second-order valence-electron chi connectivity index (χ2n) is 3.63. The third kappa shape index (κ3) is 3.23. The van der Waals surface area contributed by atoms with Crippen molar-refractivity contribution < 1.29 is 4.79 Å². The van der Waals surface area contributed by atoms with Crippen molar-refractivity contribution >= 4 is 29.3 Å². The van der Waals surface area contributed by atoms with Gasteiger partial charge in [0.15, 0.2) is 0 Å². The Bertz CT molecular complexity index is 515. The molecule has 0 aromatic heterocycles. The number of hydrogen-bond acceptors (Lipinski definition) is 3. The Kier molecular flexibility index (Phi) is 4.13. The number of halogens is 1. The largest absolute Gasteiger partial charge is 0.378 e. The van der Waals surface area contributed by atoms with Gasteiger partial charge in [0.05, 0.1) is 0 Å². The zero-order valence-corrected chi connectivity index (χ0v) is 10.3. The molecule has 1 aromatic carbocycles. The number of nitrogens with zero attached hydrogens (tertiary/aromatic N) is 2. The van der Waals surface area contributed by atoms with Gasteiger partial charge in [-0.3, -0.25) is 4.79 Å². The first-order valence-corrected chi connectivity index (χ1v) is 5.22. The first-order chi connectivity index (χ1) is 7.95. The van der Waals surface area contributed by atoms with Gasteiger partial charge in [-0.05, 0) is 23.8 Å².